The number of morpholine rings is 1. The zero-order chi connectivity index (χ0) is 18.4. The maximum absolute atomic E-state index is 13.0. The molecule has 0 saturated carbocycles. The van der Waals surface area contributed by atoms with Crippen molar-refractivity contribution >= 4 is 11.7 Å². The Hall–Kier alpha value is -2.41. The number of aromatic amines is 1. The molecule has 3 rings (SSSR count). The number of amides is 1. The van der Waals surface area contributed by atoms with E-state index in [2.05, 4.69) is 26.8 Å². The molecule has 1 saturated heterocycles. The number of nitrogens with zero attached hydrogens (tertiary/aromatic N) is 4. The van der Waals surface area contributed by atoms with Gasteiger partial charge >= 0.3 is 0 Å². The Bertz CT molecular complexity index is 707. The monoisotopic (exact) mass is 357 g/mol. The SMILES string of the molecule is CCCCN(Cc1nc[nH]c1C)C(=O)c1ccc(N2CCOCC2)nc1. The van der Waals surface area contributed by atoms with Crippen LogP contribution in [0.15, 0.2) is 24.7 Å². The lowest BCUT2D eigenvalue weighted by atomic mass is 10.2. The largest absolute Gasteiger partial charge is 0.378 e. The van der Waals surface area contributed by atoms with E-state index in [1.54, 1.807) is 12.5 Å². The van der Waals surface area contributed by atoms with E-state index >= 15 is 0 Å². The molecule has 2 aromatic heterocycles. The van der Waals surface area contributed by atoms with Gasteiger partial charge in [-0.3, -0.25) is 4.79 Å². The zero-order valence-electron chi connectivity index (χ0n) is 15.6. The minimum absolute atomic E-state index is 0.00174. The Morgan fingerprint density at radius 2 is 2.12 bits per heavy atom. The van der Waals surface area contributed by atoms with Crippen LogP contribution in [0.2, 0.25) is 0 Å². The summed E-state index contributed by atoms with van der Waals surface area (Å²) in [6, 6.07) is 3.80. The van der Waals surface area contributed by atoms with Crippen LogP contribution in [0, 0.1) is 6.92 Å². The van der Waals surface area contributed by atoms with Crippen molar-refractivity contribution in [1.82, 2.24) is 19.9 Å². The van der Waals surface area contributed by atoms with Crippen molar-refractivity contribution in [1.29, 1.82) is 0 Å². The Balaban J connectivity index is 1.71. The minimum atomic E-state index is 0.00174. The van der Waals surface area contributed by atoms with Crippen LogP contribution < -0.4 is 4.90 Å². The van der Waals surface area contributed by atoms with Crippen molar-refractivity contribution in [2.45, 2.75) is 33.2 Å². The van der Waals surface area contributed by atoms with E-state index in [-0.39, 0.29) is 5.91 Å². The summed E-state index contributed by atoms with van der Waals surface area (Å²) in [4.78, 5) is 28.9. The van der Waals surface area contributed by atoms with E-state index in [1.807, 2.05) is 24.0 Å². The maximum Gasteiger partial charge on any atom is 0.255 e. The van der Waals surface area contributed by atoms with Crippen LogP contribution in [0.25, 0.3) is 0 Å². The van der Waals surface area contributed by atoms with Crippen LogP contribution in [-0.4, -0.2) is 58.6 Å². The van der Waals surface area contributed by atoms with E-state index in [4.69, 9.17) is 4.74 Å². The van der Waals surface area contributed by atoms with E-state index in [0.717, 1.165) is 56.4 Å². The van der Waals surface area contributed by atoms with Gasteiger partial charge in [-0.25, -0.2) is 9.97 Å². The fourth-order valence-electron chi connectivity index (χ4n) is 3.00. The molecule has 1 aliphatic heterocycles. The van der Waals surface area contributed by atoms with Gasteiger partial charge in [0.15, 0.2) is 0 Å². The number of aryl methyl sites for hydroxylation is 1. The summed E-state index contributed by atoms with van der Waals surface area (Å²) in [5.74, 6) is 0.898. The molecule has 7 heteroatoms. The summed E-state index contributed by atoms with van der Waals surface area (Å²) < 4.78 is 5.37. The van der Waals surface area contributed by atoms with Gasteiger partial charge in [0.25, 0.3) is 5.91 Å². The number of hydrogen-bond acceptors (Lipinski definition) is 5. The first-order chi connectivity index (χ1) is 12.7. The molecule has 3 heterocycles. The number of rotatable bonds is 7. The number of H-pyrrole nitrogens is 1. The fraction of sp³-hybridized carbons (Fsp3) is 0.526. The predicted molar refractivity (Wildman–Crippen MR) is 100 cm³/mol. The molecule has 1 fully saturated rings. The van der Waals surface area contributed by atoms with E-state index in [0.29, 0.717) is 18.7 Å². The van der Waals surface area contributed by atoms with Gasteiger partial charge in [0.2, 0.25) is 0 Å². The number of ether oxygens (including phenoxy) is 1. The average Bonchev–Trinajstić information content (AvgIpc) is 3.10. The highest BCUT2D eigenvalue weighted by Crippen LogP contribution is 2.16. The van der Waals surface area contributed by atoms with Crippen molar-refractivity contribution in [2.75, 3.05) is 37.7 Å². The molecule has 1 aliphatic rings. The number of unbranched alkanes of at least 4 members (excludes halogenated alkanes) is 1. The number of imidazole rings is 1. The van der Waals surface area contributed by atoms with Crippen molar-refractivity contribution in [2.24, 2.45) is 0 Å². The summed E-state index contributed by atoms with van der Waals surface area (Å²) in [5, 5.41) is 0. The molecule has 26 heavy (non-hydrogen) atoms. The molecule has 1 N–H and O–H groups in total. The second-order valence-corrected chi connectivity index (χ2v) is 6.56. The van der Waals surface area contributed by atoms with Gasteiger partial charge in [-0.2, -0.15) is 0 Å². The fourth-order valence-corrected chi connectivity index (χ4v) is 3.00. The van der Waals surface area contributed by atoms with E-state index in [1.165, 1.54) is 0 Å². The Morgan fingerprint density at radius 1 is 1.31 bits per heavy atom. The van der Waals surface area contributed by atoms with Crippen molar-refractivity contribution in [3.63, 3.8) is 0 Å². The van der Waals surface area contributed by atoms with Crippen molar-refractivity contribution < 1.29 is 9.53 Å². The summed E-state index contributed by atoms with van der Waals surface area (Å²) in [7, 11) is 0. The third-order valence-corrected chi connectivity index (χ3v) is 4.67. The predicted octanol–water partition coefficient (Wildman–Crippen LogP) is 2.39. The highest BCUT2D eigenvalue weighted by Gasteiger charge is 2.19. The highest BCUT2D eigenvalue weighted by molar-refractivity contribution is 5.94. The van der Waals surface area contributed by atoms with Crippen molar-refractivity contribution in [3.05, 3.63) is 41.6 Å². The molecular weight excluding hydrogens is 330 g/mol. The summed E-state index contributed by atoms with van der Waals surface area (Å²) in [6.07, 6.45) is 5.36. The second kappa shape index (κ2) is 8.80. The summed E-state index contributed by atoms with van der Waals surface area (Å²) >= 11 is 0. The standard InChI is InChI=1S/C19H27N5O2/c1-3-4-7-24(13-17-15(2)21-14-22-17)19(25)16-5-6-18(20-12-16)23-8-10-26-11-9-23/h5-6,12,14H,3-4,7-11,13H2,1-2H3,(H,21,22). The molecule has 0 bridgehead atoms. The molecule has 1 amide bonds. The van der Waals surface area contributed by atoms with Crippen LogP contribution in [0.3, 0.4) is 0 Å². The van der Waals surface area contributed by atoms with Crippen LogP contribution in [-0.2, 0) is 11.3 Å². The topological polar surface area (TPSA) is 74.4 Å². The minimum Gasteiger partial charge on any atom is -0.378 e. The van der Waals surface area contributed by atoms with Gasteiger partial charge in [-0.05, 0) is 25.5 Å². The lowest BCUT2D eigenvalue weighted by molar-refractivity contribution is 0.0738. The first kappa shape index (κ1) is 18.4. The normalized spacial score (nSPS) is 14.5. The van der Waals surface area contributed by atoms with Gasteiger partial charge in [-0.1, -0.05) is 13.3 Å². The van der Waals surface area contributed by atoms with Gasteiger partial charge < -0.3 is 19.5 Å². The zero-order valence-corrected chi connectivity index (χ0v) is 15.6. The Labute approximate surface area is 154 Å². The Morgan fingerprint density at radius 3 is 2.73 bits per heavy atom. The third kappa shape index (κ3) is 4.40. The number of nitrogens with one attached hydrogen (secondary N) is 1. The van der Waals surface area contributed by atoms with E-state index < -0.39 is 0 Å². The van der Waals surface area contributed by atoms with Gasteiger partial charge in [-0.15, -0.1) is 0 Å². The highest BCUT2D eigenvalue weighted by atomic mass is 16.5. The van der Waals surface area contributed by atoms with Crippen LogP contribution >= 0.6 is 0 Å². The van der Waals surface area contributed by atoms with Crippen LogP contribution in [0.5, 0.6) is 0 Å². The number of hydrogen-bond donors (Lipinski definition) is 1. The number of pyridine rings is 1. The van der Waals surface area contributed by atoms with Gasteiger partial charge in [0.05, 0.1) is 37.3 Å². The molecule has 0 unspecified atom stereocenters. The Kier molecular flexibility index (Phi) is 6.22. The summed E-state index contributed by atoms with van der Waals surface area (Å²) in [5.41, 5.74) is 2.53. The van der Waals surface area contributed by atoms with Gasteiger partial charge in [0.1, 0.15) is 5.82 Å². The number of anilines is 1. The molecule has 0 spiro atoms. The van der Waals surface area contributed by atoms with Crippen LogP contribution in [0.4, 0.5) is 5.82 Å². The molecule has 7 nitrogen and oxygen atoms in total. The number of carbonyl (C=O) groups is 1. The second-order valence-electron chi connectivity index (χ2n) is 6.56. The van der Waals surface area contributed by atoms with Crippen LogP contribution in [0.1, 0.15) is 41.5 Å². The third-order valence-electron chi connectivity index (χ3n) is 4.67. The first-order valence-electron chi connectivity index (χ1n) is 9.26. The quantitative estimate of drug-likeness (QED) is 0.824. The average molecular weight is 357 g/mol. The molecule has 0 radical (unpaired) electrons. The maximum atomic E-state index is 13.0. The smallest absolute Gasteiger partial charge is 0.255 e. The number of aromatic nitrogens is 3. The van der Waals surface area contributed by atoms with Crippen molar-refractivity contribution in [3.8, 4) is 0 Å². The molecule has 140 valence electrons. The lowest BCUT2D eigenvalue weighted by Gasteiger charge is -2.28. The summed E-state index contributed by atoms with van der Waals surface area (Å²) in [6.45, 7) is 8.44. The van der Waals surface area contributed by atoms with Gasteiger partial charge in [0, 0.05) is 31.5 Å². The molecule has 0 atom stereocenters. The molecule has 0 aromatic carbocycles. The first-order valence-corrected chi connectivity index (χ1v) is 9.26. The molecule has 0 aliphatic carbocycles. The lowest BCUT2D eigenvalue weighted by Crippen LogP contribution is -2.37. The molecule has 2 aromatic rings. The molecular formula is C19H27N5O2. The van der Waals surface area contributed by atoms with E-state index in [9.17, 15) is 4.79 Å². The number of carbonyl (C=O) groups excluding carboxylic acids is 1.